The number of nitrogens with two attached hydrogens (primary N) is 1. The molecule has 0 aliphatic heterocycles. The van der Waals surface area contributed by atoms with Gasteiger partial charge in [0.15, 0.2) is 0 Å². The van der Waals surface area contributed by atoms with E-state index < -0.39 is 0 Å². The summed E-state index contributed by atoms with van der Waals surface area (Å²) in [7, 11) is 0. The summed E-state index contributed by atoms with van der Waals surface area (Å²) < 4.78 is 5.04. The Kier molecular flexibility index (Phi) is 8.09. The molecule has 0 spiro atoms. The molecule has 0 amide bonds. The number of carbonyl (C=O) groups is 1. The van der Waals surface area contributed by atoms with E-state index in [0.29, 0.717) is 24.9 Å². The van der Waals surface area contributed by atoms with Gasteiger partial charge in [-0.1, -0.05) is 40.7 Å². The van der Waals surface area contributed by atoms with E-state index >= 15 is 0 Å². The van der Waals surface area contributed by atoms with Crippen molar-refractivity contribution in [1.29, 1.82) is 0 Å². The number of rotatable bonds is 9. The van der Waals surface area contributed by atoms with Gasteiger partial charge in [-0.15, -0.1) is 0 Å². The van der Waals surface area contributed by atoms with Crippen LogP contribution in [0.2, 0.25) is 0 Å². The van der Waals surface area contributed by atoms with E-state index in [-0.39, 0.29) is 11.9 Å². The molecule has 4 nitrogen and oxygen atoms in total. The average Bonchev–Trinajstić information content (AvgIpc) is 2.45. The predicted molar refractivity (Wildman–Crippen MR) is 102 cm³/mol. The molecule has 0 aromatic heterocycles. The Morgan fingerprint density at radius 1 is 1.12 bits per heavy atom. The molecule has 1 aromatic rings. The molecule has 0 aliphatic rings. The molecule has 0 radical (unpaired) electrons. The largest absolute Gasteiger partial charge is 0.466 e. The maximum absolute atomic E-state index is 11.7. The van der Waals surface area contributed by atoms with Crippen molar-refractivity contribution in [2.75, 3.05) is 30.3 Å². The summed E-state index contributed by atoms with van der Waals surface area (Å²) >= 11 is 0. The SMILES string of the molecule is CCOC(=O)C[C@@H](C)c1ccc(N(CC(C)C)CC(C)C)c(N)c1. The second-order valence-electron chi connectivity index (χ2n) is 7.42. The number of carbonyl (C=O) groups excluding carboxylic acids is 1. The van der Waals surface area contributed by atoms with Crippen molar-refractivity contribution in [3.05, 3.63) is 23.8 Å². The Hall–Kier alpha value is -1.71. The zero-order chi connectivity index (χ0) is 18.3. The van der Waals surface area contributed by atoms with E-state index in [4.69, 9.17) is 10.5 Å². The summed E-state index contributed by atoms with van der Waals surface area (Å²) in [6.07, 6.45) is 0.383. The predicted octanol–water partition coefficient (Wildman–Crippen LogP) is 4.44. The molecule has 0 fully saturated rings. The molecular weight excluding hydrogens is 300 g/mol. The second-order valence-corrected chi connectivity index (χ2v) is 7.42. The van der Waals surface area contributed by atoms with Crippen LogP contribution in [0, 0.1) is 11.8 Å². The lowest BCUT2D eigenvalue weighted by Gasteiger charge is -2.30. The number of nitrogen functional groups attached to an aromatic ring is 1. The molecule has 0 heterocycles. The number of anilines is 2. The lowest BCUT2D eigenvalue weighted by atomic mass is 9.96. The highest BCUT2D eigenvalue weighted by molar-refractivity contribution is 5.72. The van der Waals surface area contributed by atoms with Crippen molar-refractivity contribution in [2.24, 2.45) is 11.8 Å². The normalized spacial score (nSPS) is 12.5. The Morgan fingerprint density at radius 3 is 2.17 bits per heavy atom. The van der Waals surface area contributed by atoms with Gasteiger partial charge in [0.25, 0.3) is 0 Å². The lowest BCUT2D eigenvalue weighted by molar-refractivity contribution is -0.143. The summed E-state index contributed by atoms with van der Waals surface area (Å²) in [5.41, 5.74) is 9.29. The molecule has 0 saturated carbocycles. The summed E-state index contributed by atoms with van der Waals surface area (Å²) in [5, 5.41) is 0. The average molecular weight is 335 g/mol. The lowest BCUT2D eigenvalue weighted by Crippen LogP contribution is -2.31. The highest BCUT2D eigenvalue weighted by Crippen LogP contribution is 2.30. The number of esters is 1. The highest BCUT2D eigenvalue weighted by atomic mass is 16.5. The van der Waals surface area contributed by atoms with E-state index in [1.54, 1.807) is 0 Å². The zero-order valence-electron chi connectivity index (χ0n) is 16.1. The maximum atomic E-state index is 11.7. The number of benzene rings is 1. The van der Waals surface area contributed by atoms with Gasteiger partial charge in [0.2, 0.25) is 0 Å². The third-order valence-corrected chi connectivity index (χ3v) is 3.91. The standard InChI is InChI=1S/C20H34N2O2/c1-7-24-20(23)10-16(6)17-8-9-19(18(21)11-17)22(12-14(2)3)13-15(4)5/h8-9,11,14-16H,7,10,12-13,21H2,1-6H3/t16-/m1/s1. The van der Waals surface area contributed by atoms with Crippen LogP contribution in [-0.4, -0.2) is 25.7 Å². The molecule has 1 rings (SSSR count). The van der Waals surface area contributed by atoms with Gasteiger partial charge in [-0.2, -0.15) is 0 Å². The molecule has 24 heavy (non-hydrogen) atoms. The monoisotopic (exact) mass is 334 g/mol. The quantitative estimate of drug-likeness (QED) is 0.535. The minimum Gasteiger partial charge on any atom is -0.466 e. The zero-order valence-corrected chi connectivity index (χ0v) is 16.1. The van der Waals surface area contributed by atoms with Gasteiger partial charge in [-0.05, 0) is 42.4 Å². The molecule has 2 N–H and O–H groups in total. The third-order valence-electron chi connectivity index (χ3n) is 3.91. The van der Waals surface area contributed by atoms with Gasteiger partial charge < -0.3 is 15.4 Å². The highest BCUT2D eigenvalue weighted by Gasteiger charge is 2.17. The van der Waals surface area contributed by atoms with E-state index in [2.05, 4.69) is 44.7 Å². The summed E-state index contributed by atoms with van der Waals surface area (Å²) in [4.78, 5) is 14.0. The molecule has 0 unspecified atom stereocenters. The summed E-state index contributed by atoms with van der Waals surface area (Å²) in [6, 6.07) is 6.19. The fraction of sp³-hybridized carbons (Fsp3) is 0.650. The van der Waals surface area contributed by atoms with E-state index in [1.807, 2.05) is 19.9 Å². The Bertz CT molecular complexity index is 516. The van der Waals surface area contributed by atoms with Gasteiger partial charge in [0.05, 0.1) is 24.4 Å². The third kappa shape index (κ3) is 6.42. The Labute approximate surface area is 147 Å². The number of hydrogen-bond acceptors (Lipinski definition) is 4. The molecule has 1 aromatic carbocycles. The molecule has 1 atom stereocenters. The molecular formula is C20H34N2O2. The van der Waals surface area contributed by atoms with Gasteiger partial charge in [-0.3, -0.25) is 4.79 Å². The minimum atomic E-state index is -0.158. The van der Waals surface area contributed by atoms with Crippen molar-refractivity contribution in [2.45, 2.75) is 53.9 Å². The first-order chi connectivity index (χ1) is 11.2. The summed E-state index contributed by atoms with van der Waals surface area (Å²) in [5.74, 6) is 1.09. The molecule has 0 bridgehead atoms. The van der Waals surface area contributed by atoms with Gasteiger partial charge in [0, 0.05) is 13.1 Å². The number of hydrogen-bond donors (Lipinski definition) is 1. The fourth-order valence-electron chi connectivity index (χ4n) is 2.91. The first-order valence-corrected chi connectivity index (χ1v) is 9.04. The fourth-order valence-corrected chi connectivity index (χ4v) is 2.91. The first kappa shape index (κ1) is 20.3. The summed E-state index contributed by atoms with van der Waals surface area (Å²) in [6.45, 7) is 15.1. The second kappa shape index (κ2) is 9.55. The van der Waals surface area contributed by atoms with Crippen LogP contribution in [-0.2, 0) is 9.53 Å². The first-order valence-electron chi connectivity index (χ1n) is 9.04. The number of nitrogens with zero attached hydrogens (tertiary/aromatic N) is 1. The van der Waals surface area contributed by atoms with Crippen molar-refractivity contribution in [3.63, 3.8) is 0 Å². The molecule has 4 heteroatoms. The smallest absolute Gasteiger partial charge is 0.306 e. The van der Waals surface area contributed by atoms with Crippen LogP contribution in [0.4, 0.5) is 11.4 Å². The van der Waals surface area contributed by atoms with Crippen LogP contribution in [0.3, 0.4) is 0 Å². The Balaban J connectivity index is 2.93. The van der Waals surface area contributed by atoms with Gasteiger partial charge >= 0.3 is 5.97 Å². The van der Waals surface area contributed by atoms with Crippen LogP contribution in [0.1, 0.15) is 59.4 Å². The van der Waals surface area contributed by atoms with Crippen LogP contribution in [0.25, 0.3) is 0 Å². The molecule has 0 aliphatic carbocycles. The van der Waals surface area contributed by atoms with Crippen molar-refractivity contribution in [1.82, 2.24) is 0 Å². The van der Waals surface area contributed by atoms with Crippen LogP contribution < -0.4 is 10.6 Å². The maximum Gasteiger partial charge on any atom is 0.306 e. The van der Waals surface area contributed by atoms with Gasteiger partial charge in [0.1, 0.15) is 0 Å². The van der Waals surface area contributed by atoms with E-state index in [1.165, 1.54) is 0 Å². The van der Waals surface area contributed by atoms with Crippen LogP contribution in [0.5, 0.6) is 0 Å². The molecule has 0 saturated heterocycles. The minimum absolute atomic E-state index is 0.101. The van der Waals surface area contributed by atoms with Crippen molar-refractivity contribution >= 4 is 17.3 Å². The van der Waals surface area contributed by atoms with Crippen LogP contribution >= 0.6 is 0 Å². The Morgan fingerprint density at radius 2 is 1.71 bits per heavy atom. The number of ether oxygens (including phenoxy) is 1. The van der Waals surface area contributed by atoms with E-state index in [9.17, 15) is 4.79 Å². The molecule has 136 valence electrons. The topological polar surface area (TPSA) is 55.6 Å². The van der Waals surface area contributed by atoms with E-state index in [0.717, 1.165) is 30.0 Å². The van der Waals surface area contributed by atoms with Crippen LogP contribution in [0.15, 0.2) is 18.2 Å². The van der Waals surface area contributed by atoms with Crippen molar-refractivity contribution < 1.29 is 9.53 Å². The van der Waals surface area contributed by atoms with Crippen molar-refractivity contribution in [3.8, 4) is 0 Å². The van der Waals surface area contributed by atoms with Gasteiger partial charge in [-0.25, -0.2) is 0 Å².